The van der Waals surface area contributed by atoms with Crippen molar-refractivity contribution in [3.8, 4) is 0 Å². The van der Waals surface area contributed by atoms with Crippen LogP contribution in [0.25, 0.3) is 0 Å². The lowest BCUT2D eigenvalue weighted by molar-refractivity contribution is 0.199. The molecule has 0 saturated carbocycles. The first kappa shape index (κ1) is 13.6. The second kappa shape index (κ2) is 7.76. The smallest absolute Gasteiger partial charge is 0.137 e. The summed E-state index contributed by atoms with van der Waals surface area (Å²) >= 11 is 3.18. The number of nitrogens with one attached hydrogen (secondary N) is 1. The molecular formula is C12H17BrFNO. The van der Waals surface area contributed by atoms with Gasteiger partial charge in [-0.1, -0.05) is 6.07 Å². The molecule has 0 radical (unpaired) electrons. The molecule has 0 fully saturated rings. The minimum atomic E-state index is -0.207. The van der Waals surface area contributed by atoms with Crippen LogP contribution in [0.1, 0.15) is 12.0 Å². The molecule has 0 aliphatic carbocycles. The molecule has 0 atom stereocenters. The Hall–Kier alpha value is -0.450. The van der Waals surface area contributed by atoms with E-state index in [1.165, 1.54) is 6.07 Å². The molecule has 90 valence electrons. The van der Waals surface area contributed by atoms with Crippen LogP contribution < -0.4 is 5.32 Å². The van der Waals surface area contributed by atoms with Gasteiger partial charge in [0.05, 0.1) is 11.1 Å². The zero-order valence-corrected chi connectivity index (χ0v) is 11.0. The van der Waals surface area contributed by atoms with Crippen LogP contribution in [-0.2, 0) is 11.2 Å². The number of benzene rings is 1. The molecule has 1 N–H and O–H groups in total. The molecule has 0 aromatic heterocycles. The first-order chi connectivity index (χ1) is 7.74. The van der Waals surface area contributed by atoms with E-state index in [1.807, 2.05) is 12.1 Å². The maximum atomic E-state index is 13.0. The first-order valence-electron chi connectivity index (χ1n) is 5.37. The van der Waals surface area contributed by atoms with Crippen LogP contribution in [0.2, 0.25) is 0 Å². The average Bonchev–Trinajstić information content (AvgIpc) is 2.28. The van der Waals surface area contributed by atoms with E-state index >= 15 is 0 Å². The maximum absolute atomic E-state index is 13.0. The van der Waals surface area contributed by atoms with Crippen molar-refractivity contribution in [1.82, 2.24) is 5.32 Å². The number of hydrogen-bond acceptors (Lipinski definition) is 2. The van der Waals surface area contributed by atoms with Crippen LogP contribution in [0.4, 0.5) is 4.39 Å². The van der Waals surface area contributed by atoms with Gasteiger partial charge in [-0.05, 0) is 53.0 Å². The van der Waals surface area contributed by atoms with Crippen molar-refractivity contribution in [2.75, 3.05) is 26.8 Å². The summed E-state index contributed by atoms with van der Waals surface area (Å²) in [7, 11) is 1.69. The second-order valence-corrected chi connectivity index (χ2v) is 4.45. The van der Waals surface area contributed by atoms with Gasteiger partial charge in [0.1, 0.15) is 5.82 Å². The van der Waals surface area contributed by atoms with Crippen molar-refractivity contribution in [3.05, 3.63) is 34.1 Å². The van der Waals surface area contributed by atoms with E-state index in [0.717, 1.165) is 38.1 Å². The summed E-state index contributed by atoms with van der Waals surface area (Å²) in [4.78, 5) is 0. The number of halogens is 2. The molecule has 1 aromatic rings. The van der Waals surface area contributed by atoms with Gasteiger partial charge in [-0.15, -0.1) is 0 Å². The molecule has 0 aliphatic heterocycles. The summed E-state index contributed by atoms with van der Waals surface area (Å²) in [5, 5.41) is 3.27. The highest BCUT2D eigenvalue weighted by atomic mass is 79.9. The number of ether oxygens (including phenoxy) is 1. The van der Waals surface area contributed by atoms with E-state index in [4.69, 9.17) is 4.74 Å². The fourth-order valence-corrected chi connectivity index (χ4v) is 1.84. The predicted molar refractivity (Wildman–Crippen MR) is 67.2 cm³/mol. The van der Waals surface area contributed by atoms with Crippen LogP contribution in [0, 0.1) is 5.82 Å². The van der Waals surface area contributed by atoms with Gasteiger partial charge in [-0.3, -0.25) is 0 Å². The third-order valence-electron chi connectivity index (χ3n) is 2.29. The number of rotatable bonds is 7. The molecule has 1 aromatic carbocycles. The Balaban J connectivity index is 2.19. The SMILES string of the molecule is COCCNCCCc1ccc(F)c(Br)c1. The molecule has 0 amide bonds. The highest BCUT2D eigenvalue weighted by Crippen LogP contribution is 2.17. The van der Waals surface area contributed by atoms with E-state index in [2.05, 4.69) is 21.2 Å². The van der Waals surface area contributed by atoms with Crippen LogP contribution in [0.3, 0.4) is 0 Å². The topological polar surface area (TPSA) is 21.3 Å². The largest absolute Gasteiger partial charge is 0.383 e. The zero-order valence-electron chi connectivity index (χ0n) is 9.43. The van der Waals surface area contributed by atoms with Gasteiger partial charge in [-0.25, -0.2) is 4.39 Å². The van der Waals surface area contributed by atoms with Crippen LogP contribution >= 0.6 is 15.9 Å². The van der Waals surface area contributed by atoms with Crippen LogP contribution in [-0.4, -0.2) is 26.8 Å². The van der Waals surface area contributed by atoms with Gasteiger partial charge in [0.15, 0.2) is 0 Å². The predicted octanol–water partition coefficient (Wildman–Crippen LogP) is 2.76. The molecule has 0 aliphatic rings. The minimum absolute atomic E-state index is 0.207. The van der Waals surface area contributed by atoms with E-state index in [9.17, 15) is 4.39 Å². The van der Waals surface area contributed by atoms with E-state index in [1.54, 1.807) is 7.11 Å². The minimum Gasteiger partial charge on any atom is -0.383 e. The molecular weight excluding hydrogens is 273 g/mol. The Bertz CT molecular complexity index is 320. The molecule has 0 spiro atoms. The lowest BCUT2D eigenvalue weighted by Crippen LogP contribution is -2.20. The lowest BCUT2D eigenvalue weighted by Gasteiger charge is -2.05. The van der Waals surface area contributed by atoms with Gasteiger partial charge in [-0.2, -0.15) is 0 Å². The highest BCUT2D eigenvalue weighted by Gasteiger charge is 2.00. The van der Waals surface area contributed by atoms with Crippen molar-refractivity contribution >= 4 is 15.9 Å². The van der Waals surface area contributed by atoms with Gasteiger partial charge >= 0.3 is 0 Å². The molecule has 1 rings (SSSR count). The Morgan fingerprint density at radius 3 is 2.88 bits per heavy atom. The Morgan fingerprint density at radius 1 is 1.38 bits per heavy atom. The summed E-state index contributed by atoms with van der Waals surface area (Å²) in [5.74, 6) is -0.207. The average molecular weight is 290 g/mol. The summed E-state index contributed by atoms with van der Waals surface area (Å²) in [6, 6.07) is 5.16. The molecule has 16 heavy (non-hydrogen) atoms. The second-order valence-electron chi connectivity index (χ2n) is 3.59. The summed E-state index contributed by atoms with van der Waals surface area (Å²) < 4.78 is 18.4. The van der Waals surface area contributed by atoms with Gasteiger partial charge in [0.2, 0.25) is 0 Å². The van der Waals surface area contributed by atoms with E-state index in [-0.39, 0.29) is 5.82 Å². The third kappa shape index (κ3) is 5.05. The molecule has 0 saturated heterocycles. The van der Waals surface area contributed by atoms with Crippen molar-refractivity contribution in [3.63, 3.8) is 0 Å². The monoisotopic (exact) mass is 289 g/mol. The van der Waals surface area contributed by atoms with Crippen molar-refractivity contribution in [2.24, 2.45) is 0 Å². The Kier molecular flexibility index (Phi) is 6.61. The third-order valence-corrected chi connectivity index (χ3v) is 2.89. The molecule has 0 bridgehead atoms. The van der Waals surface area contributed by atoms with Crippen LogP contribution in [0.15, 0.2) is 22.7 Å². The normalized spacial score (nSPS) is 10.7. The van der Waals surface area contributed by atoms with E-state index in [0.29, 0.717) is 4.47 Å². The lowest BCUT2D eigenvalue weighted by atomic mass is 10.1. The zero-order chi connectivity index (χ0) is 11.8. The summed E-state index contributed by atoms with van der Waals surface area (Å²) in [6.45, 7) is 2.57. The summed E-state index contributed by atoms with van der Waals surface area (Å²) in [6.07, 6.45) is 2.00. The first-order valence-corrected chi connectivity index (χ1v) is 6.17. The van der Waals surface area contributed by atoms with Gasteiger partial charge in [0.25, 0.3) is 0 Å². The van der Waals surface area contributed by atoms with Crippen molar-refractivity contribution in [2.45, 2.75) is 12.8 Å². The Morgan fingerprint density at radius 2 is 2.19 bits per heavy atom. The summed E-state index contributed by atoms with van der Waals surface area (Å²) in [5.41, 5.74) is 1.15. The van der Waals surface area contributed by atoms with Gasteiger partial charge < -0.3 is 10.1 Å². The molecule has 2 nitrogen and oxygen atoms in total. The van der Waals surface area contributed by atoms with Crippen LogP contribution in [0.5, 0.6) is 0 Å². The quantitative estimate of drug-likeness (QED) is 0.780. The number of hydrogen-bond donors (Lipinski definition) is 1. The standard InChI is InChI=1S/C12H17BrFNO/c1-16-8-7-15-6-2-3-10-4-5-12(14)11(13)9-10/h4-5,9,15H,2-3,6-8H2,1H3. The fraction of sp³-hybridized carbons (Fsp3) is 0.500. The van der Waals surface area contributed by atoms with E-state index < -0.39 is 0 Å². The molecule has 0 heterocycles. The fourth-order valence-electron chi connectivity index (χ4n) is 1.41. The molecule has 0 unspecified atom stereocenters. The maximum Gasteiger partial charge on any atom is 0.137 e. The van der Waals surface area contributed by atoms with Crippen molar-refractivity contribution < 1.29 is 9.13 Å². The van der Waals surface area contributed by atoms with Gasteiger partial charge in [0, 0.05) is 13.7 Å². The molecule has 4 heteroatoms. The number of methoxy groups -OCH3 is 1. The van der Waals surface area contributed by atoms with Crippen molar-refractivity contribution in [1.29, 1.82) is 0 Å². The number of aryl methyl sites for hydroxylation is 1. The Labute approximate surface area is 104 Å². The highest BCUT2D eigenvalue weighted by molar-refractivity contribution is 9.10.